The fourth-order valence-electron chi connectivity index (χ4n) is 2.14. The van der Waals surface area contributed by atoms with Gasteiger partial charge in [0.1, 0.15) is 11.5 Å². The Labute approximate surface area is 125 Å². The van der Waals surface area contributed by atoms with Gasteiger partial charge in [0.25, 0.3) is 0 Å². The van der Waals surface area contributed by atoms with E-state index in [-0.39, 0.29) is 6.04 Å². The summed E-state index contributed by atoms with van der Waals surface area (Å²) in [6.07, 6.45) is 0.767. The quantitative estimate of drug-likeness (QED) is 0.890. The SMILES string of the molecule is Cc1ccc(Oc2ccc(CC(C)N)c(Cl)c2)c(C)c1. The first-order valence-corrected chi connectivity index (χ1v) is 7.12. The van der Waals surface area contributed by atoms with Crippen molar-refractivity contribution in [2.75, 3.05) is 0 Å². The van der Waals surface area contributed by atoms with Gasteiger partial charge in [-0.15, -0.1) is 0 Å². The average molecular weight is 290 g/mol. The third kappa shape index (κ3) is 3.75. The van der Waals surface area contributed by atoms with Crippen molar-refractivity contribution in [1.82, 2.24) is 0 Å². The van der Waals surface area contributed by atoms with Crippen molar-refractivity contribution in [3.8, 4) is 11.5 Å². The maximum Gasteiger partial charge on any atom is 0.130 e. The van der Waals surface area contributed by atoms with Crippen LogP contribution in [0.1, 0.15) is 23.6 Å². The lowest BCUT2D eigenvalue weighted by atomic mass is 10.1. The zero-order valence-corrected chi connectivity index (χ0v) is 12.9. The van der Waals surface area contributed by atoms with Crippen molar-refractivity contribution < 1.29 is 4.74 Å². The van der Waals surface area contributed by atoms with Crippen LogP contribution in [-0.4, -0.2) is 6.04 Å². The van der Waals surface area contributed by atoms with E-state index >= 15 is 0 Å². The number of nitrogens with two attached hydrogens (primary N) is 1. The predicted octanol–water partition coefficient (Wildman–Crippen LogP) is 4.64. The Kier molecular flexibility index (Phi) is 4.69. The van der Waals surface area contributed by atoms with E-state index in [1.165, 1.54) is 5.56 Å². The lowest BCUT2D eigenvalue weighted by Gasteiger charge is -2.12. The molecule has 0 fully saturated rings. The number of halogens is 1. The van der Waals surface area contributed by atoms with Gasteiger partial charge < -0.3 is 10.5 Å². The van der Waals surface area contributed by atoms with Gasteiger partial charge in [0.2, 0.25) is 0 Å². The number of ether oxygens (including phenoxy) is 1. The van der Waals surface area contributed by atoms with E-state index < -0.39 is 0 Å². The minimum atomic E-state index is 0.0959. The van der Waals surface area contributed by atoms with Gasteiger partial charge in [0.15, 0.2) is 0 Å². The summed E-state index contributed by atoms with van der Waals surface area (Å²) in [7, 11) is 0. The fourth-order valence-corrected chi connectivity index (χ4v) is 2.39. The fraction of sp³-hybridized carbons (Fsp3) is 0.294. The second-order valence-electron chi connectivity index (χ2n) is 5.31. The Bertz CT molecular complexity index is 608. The van der Waals surface area contributed by atoms with Gasteiger partial charge in [-0.2, -0.15) is 0 Å². The molecule has 2 aromatic carbocycles. The first-order valence-electron chi connectivity index (χ1n) is 6.75. The van der Waals surface area contributed by atoms with Gasteiger partial charge in [-0.25, -0.2) is 0 Å². The molecule has 0 bridgehead atoms. The molecule has 0 saturated carbocycles. The molecule has 0 aromatic heterocycles. The number of rotatable bonds is 4. The van der Waals surface area contributed by atoms with Crippen LogP contribution in [0.5, 0.6) is 11.5 Å². The molecular weight excluding hydrogens is 270 g/mol. The van der Waals surface area contributed by atoms with Gasteiger partial charge in [-0.3, -0.25) is 0 Å². The highest BCUT2D eigenvalue weighted by Gasteiger charge is 2.07. The van der Waals surface area contributed by atoms with Gasteiger partial charge in [0.05, 0.1) is 0 Å². The van der Waals surface area contributed by atoms with E-state index in [1.807, 2.05) is 44.2 Å². The predicted molar refractivity (Wildman–Crippen MR) is 84.8 cm³/mol. The van der Waals surface area contributed by atoms with Crippen LogP contribution >= 0.6 is 11.6 Å². The Morgan fingerprint density at radius 3 is 2.50 bits per heavy atom. The zero-order chi connectivity index (χ0) is 14.7. The van der Waals surface area contributed by atoms with Crippen molar-refractivity contribution in [1.29, 1.82) is 0 Å². The third-order valence-electron chi connectivity index (χ3n) is 3.12. The minimum absolute atomic E-state index is 0.0959. The summed E-state index contributed by atoms with van der Waals surface area (Å²) >= 11 is 6.27. The van der Waals surface area contributed by atoms with Crippen molar-refractivity contribution >= 4 is 11.6 Å². The Balaban J connectivity index is 2.20. The van der Waals surface area contributed by atoms with E-state index in [9.17, 15) is 0 Å². The van der Waals surface area contributed by atoms with Crippen LogP contribution in [0, 0.1) is 13.8 Å². The van der Waals surface area contributed by atoms with Crippen LogP contribution in [0.25, 0.3) is 0 Å². The van der Waals surface area contributed by atoms with E-state index in [0.717, 1.165) is 29.0 Å². The number of benzene rings is 2. The lowest BCUT2D eigenvalue weighted by molar-refractivity contribution is 0.478. The lowest BCUT2D eigenvalue weighted by Crippen LogP contribution is -2.17. The monoisotopic (exact) mass is 289 g/mol. The topological polar surface area (TPSA) is 35.2 Å². The van der Waals surface area contributed by atoms with Crippen LogP contribution in [0.4, 0.5) is 0 Å². The first kappa shape index (κ1) is 14.9. The molecule has 0 spiro atoms. The van der Waals surface area contributed by atoms with Crippen molar-refractivity contribution in [2.45, 2.75) is 33.2 Å². The van der Waals surface area contributed by atoms with Crippen molar-refractivity contribution in [3.05, 3.63) is 58.1 Å². The van der Waals surface area contributed by atoms with Crippen LogP contribution in [0.2, 0.25) is 5.02 Å². The highest BCUT2D eigenvalue weighted by atomic mass is 35.5. The zero-order valence-electron chi connectivity index (χ0n) is 12.1. The third-order valence-corrected chi connectivity index (χ3v) is 3.48. The molecule has 106 valence electrons. The number of hydrogen-bond acceptors (Lipinski definition) is 2. The van der Waals surface area contributed by atoms with Gasteiger partial charge >= 0.3 is 0 Å². The molecule has 0 aliphatic carbocycles. The summed E-state index contributed by atoms with van der Waals surface area (Å²) in [6.45, 7) is 6.07. The Morgan fingerprint density at radius 1 is 1.15 bits per heavy atom. The molecule has 0 aliphatic rings. The van der Waals surface area contributed by atoms with Crippen LogP contribution in [-0.2, 0) is 6.42 Å². The molecule has 2 N–H and O–H groups in total. The molecule has 0 heterocycles. The van der Waals surface area contributed by atoms with E-state index in [0.29, 0.717) is 5.02 Å². The standard InChI is InChI=1S/C17H20ClNO/c1-11-4-7-17(12(2)8-11)20-15-6-5-14(9-13(3)19)16(18)10-15/h4-8,10,13H,9,19H2,1-3H3. The molecule has 0 amide bonds. The van der Waals surface area contributed by atoms with Crippen molar-refractivity contribution in [3.63, 3.8) is 0 Å². The van der Waals surface area contributed by atoms with Crippen LogP contribution in [0.3, 0.4) is 0 Å². The van der Waals surface area contributed by atoms with Crippen molar-refractivity contribution in [2.24, 2.45) is 5.73 Å². The van der Waals surface area contributed by atoms with E-state index in [1.54, 1.807) is 0 Å². The maximum atomic E-state index is 6.27. The van der Waals surface area contributed by atoms with Crippen LogP contribution in [0.15, 0.2) is 36.4 Å². The Hall–Kier alpha value is -1.51. The number of aryl methyl sites for hydroxylation is 2. The highest BCUT2D eigenvalue weighted by Crippen LogP contribution is 2.29. The number of hydrogen-bond donors (Lipinski definition) is 1. The molecule has 2 aromatic rings. The summed E-state index contributed by atoms with van der Waals surface area (Å²) in [6, 6.07) is 12.0. The maximum absolute atomic E-state index is 6.27. The molecular formula is C17H20ClNO. The van der Waals surface area contributed by atoms with E-state index in [2.05, 4.69) is 13.0 Å². The second-order valence-corrected chi connectivity index (χ2v) is 5.71. The molecule has 0 aliphatic heterocycles. The Morgan fingerprint density at radius 2 is 1.90 bits per heavy atom. The summed E-state index contributed by atoms with van der Waals surface area (Å²) in [5, 5.41) is 0.699. The smallest absolute Gasteiger partial charge is 0.130 e. The molecule has 0 saturated heterocycles. The molecule has 0 radical (unpaired) electrons. The molecule has 20 heavy (non-hydrogen) atoms. The summed E-state index contributed by atoms with van der Waals surface area (Å²) < 4.78 is 5.89. The molecule has 1 unspecified atom stereocenters. The molecule has 3 heteroatoms. The second kappa shape index (κ2) is 6.29. The summed E-state index contributed by atoms with van der Waals surface area (Å²) in [4.78, 5) is 0. The minimum Gasteiger partial charge on any atom is -0.457 e. The van der Waals surface area contributed by atoms with Gasteiger partial charge in [-0.05, 0) is 56.5 Å². The highest BCUT2D eigenvalue weighted by molar-refractivity contribution is 6.31. The molecule has 2 nitrogen and oxygen atoms in total. The molecule has 2 rings (SSSR count). The van der Waals surface area contributed by atoms with Crippen LogP contribution < -0.4 is 10.5 Å². The normalized spacial score (nSPS) is 12.2. The average Bonchev–Trinajstić information content (AvgIpc) is 2.36. The molecule has 1 atom stereocenters. The van der Waals surface area contributed by atoms with Gasteiger partial charge in [-0.1, -0.05) is 35.4 Å². The van der Waals surface area contributed by atoms with E-state index in [4.69, 9.17) is 22.1 Å². The largest absolute Gasteiger partial charge is 0.457 e. The summed E-state index contributed by atoms with van der Waals surface area (Å²) in [5.41, 5.74) is 9.18. The van der Waals surface area contributed by atoms with Gasteiger partial charge in [0, 0.05) is 11.1 Å². The summed E-state index contributed by atoms with van der Waals surface area (Å²) in [5.74, 6) is 1.60. The first-order chi connectivity index (χ1) is 9.45.